The fourth-order valence-corrected chi connectivity index (χ4v) is 2.39. The van der Waals surface area contributed by atoms with Crippen LogP contribution < -0.4 is 5.32 Å². The van der Waals surface area contributed by atoms with Gasteiger partial charge < -0.3 is 10.1 Å². The predicted molar refractivity (Wildman–Crippen MR) is 84.5 cm³/mol. The van der Waals surface area contributed by atoms with Gasteiger partial charge in [-0.05, 0) is 49.5 Å². The predicted octanol–water partition coefficient (Wildman–Crippen LogP) is 2.92. The Labute approximate surface area is 132 Å². The molecule has 1 atom stereocenters. The molecule has 1 amide bonds. The molecule has 0 spiro atoms. The standard InChI is InChI=1S/C16H18BrNO3/c1-11(13-6-7-13)18-15(19)10-21-16(20)8-5-12-3-2-4-14(17)9-12/h2-5,8-9,11,13H,6-7,10H2,1H3,(H,18,19)/b8-5+/t11-/m1/s1. The maximum atomic E-state index is 11.6. The van der Waals surface area contributed by atoms with Gasteiger partial charge in [-0.3, -0.25) is 4.79 Å². The van der Waals surface area contributed by atoms with E-state index < -0.39 is 5.97 Å². The summed E-state index contributed by atoms with van der Waals surface area (Å²) in [5, 5.41) is 2.83. The van der Waals surface area contributed by atoms with Crippen LogP contribution in [0.4, 0.5) is 0 Å². The van der Waals surface area contributed by atoms with Crippen molar-refractivity contribution in [2.75, 3.05) is 6.61 Å². The highest BCUT2D eigenvalue weighted by Gasteiger charge is 2.28. The van der Waals surface area contributed by atoms with Crippen LogP contribution in [0.15, 0.2) is 34.8 Å². The molecule has 0 aromatic heterocycles. The summed E-state index contributed by atoms with van der Waals surface area (Å²) >= 11 is 3.36. The van der Waals surface area contributed by atoms with Crippen molar-refractivity contribution in [2.45, 2.75) is 25.8 Å². The van der Waals surface area contributed by atoms with Crippen molar-refractivity contribution in [1.29, 1.82) is 0 Å². The van der Waals surface area contributed by atoms with Gasteiger partial charge in [-0.1, -0.05) is 28.1 Å². The zero-order valence-corrected chi connectivity index (χ0v) is 13.4. The Morgan fingerprint density at radius 2 is 2.24 bits per heavy atom. The topological polar surface area (TPSA) is 55.4 Å². The van der Waals surface area contributed by atoms with E-state index in [1.165, 1.54) is 6.08 Å². The first-order valence-electron chi connectivity index (χ1n) is 6.94. The van der Waals surface area contributed by atoms with E-state index in [0.717, 1.165) is 22.9 Å². The van der Waals surface area contributed by atoms with Crippen LogP contribution in [0.5, 0.6) is 0 Å². The molecule has 1 N–H and O–H groups in total. The summed E-state index contributed by atoms with van der Waals surface area (Å²) in [6.07, 6.45) is 5.30. The minimum absolute atomic E-state index is 0.161. The fourth-order valence-electron chi connectivity index (χ4n) is 1.97. The molecule has 0 saturated heterocycles. The van der Waals surface area contributed by atoms with Crippen molar-refractivity contribution < 1.29 is 14.3 Å². The quantitative estimate of drug-likeness (QED) is 0.633. The zero-order valence-electron chi connectivity index (χ0n) is 11.8. The summed E-state index contributed by atoms with van der Waals surface area (Å²) in [6.45, 7) is 1.74. The Hall–Kier alpha value is -1.62. The molecule has 2 rings (SSSR count). The SMILES string of the molecule is C[C@@H](NC(=O)COC(=O)/C=C/c1cccc(Br)c1)C1CC1. The van der Waals surface area contributed by atoms with Crippen molar-refractivity contribution in [3.63, 3.8) is 0 Å². The smallest absolute Gasteiger partial charge is 0.331 e. The average Bonchev–Trinajstić information content (AvgIpc) is 3.27. The van der Waals surface area contributed by atoms with Gasteiger partial charge in [0, 0.05) is 16.6 Å². The molecule has 0 unspecified atom stereocenters. The van der Waals surface area contributed by atoms with Gasteiger partial charge in [0.05, 0.1) is 0 Å². The number of hydrogen-bond donors (Lipinski definition) is 1. The molecule has 0 bridgehead atoms. The van der Waals surface area contributed by atoms with E-state index in [4.69, 9.17) is 4.74 Å². The van der Waals surface area contributed by atoms with Crippen molar-refractivity contribution in [3.05, 3.63) is 40.4 Å². The third-order valence-electron chi connectivity index (χ3n) is 3.32. The van der Waals surface area contributed by atoms with Gasteiger partial charge in [0.2, 0.25) is 0 Å². The fraction of sp³-hybridized carbons (Fsp3) is 0.375. The first-order valence-corrected chi connectivity index (χ1v) is 7.73. The third-order valence-corrected chi connectivity index (χ3v) is 3.82. The minimum Gasteiger partial charge on any atom is -0.452 e. The van der Waals surface area contributed by atoms with Gasteiger partial charge in [0.1, 0.15) is 0 Å². The van der Waals surface area contributed by atoms with E-state index in [1.54, 1.807) is 6.08 Å². The second-order valence-electron chi connectivity index (χ2n) is 5.19. The molecule has 1 saturated carbocycles. The van der Waals surface area contributed by atoms with E-state index in [2.05, 4.69) is 21.2 Å². The van der Waals surface area contributed by atoms with Gasteiger partial charge in [-0.25, -0.2) is 4.79 Å². The number of carbonyl (C=O) groups excluding carboxylic acids is 2. The molecule has 112 valence electrons. The van der Waals surface area contributed by atoms with Crippen molar-refractivity contribution in [1.82, 2.24) is 5.32 Å². The van der Waals surface area contributed by atoms with Crippen LogP contribution in [0.1, 0.15) is 25.3 Å². The van der Waals surface area contributed by atoms with Crippen LogP contribution in [0.25, 0.3) is 6.08 Å². The Morgan fingerprint density at radius 1 is 1.48 bits per heavy atom. The number of carbonyl (C=O) groups is 2. The van der Waals surface area contributed by atoms with Gasteiger partial charge in [-0.15, -0.1) is 0 Å². The Bertz CT molecular complexity index is 552. The monoisotopic (exact) mass is 351 g/mol. The number of hydrogen-bond acceptors (Lipinski definition) is 3. The Kier molecular flexibility index (Phi) is 5.56. The lowest BCUT2D eigenvalue weighted by Gasteiger charge is -2.12. The second-order valence-corrected chi connectivity index (χ2v) is 6.11. The van der Waals surface area contributed by atoms with Crippen molar-refractivity contribution >= 4 is 33.9 Å². The molecule has 1 aromatic carbocycles. The molecule has 1 aromatic rings. The molecule has 0 heterocycles. The van der Waals surface area contributed by atoms with E-state index in [1.807, 2.05) is 31.2 Å². The van der Waals surface area contributed by atoms with Crippen molar-refractivity contribution in [2.24, 2.45) is 5.92 Å². The van der Waals surface area contributed by atoms with E-state index in [0.29, 0.717) is 5.92 Å². The molecular weight excluding hydrogens is 334 g/mol. The number of halogens is 1. The average molecular weight is 352 g/mol. The summed E-state index contributed by atoms with van der Waals surface area (Å²) in [6, 6.07) is 7.70. The van der Waals surface area contributed by atoms with E-state index in [-0.39, 0.29) is 18.6 Å². The zero-order chi connectivity index (χ0) is 15.2. The minimum atomic E-state index is -0.524. The highest BCUT2D eigenvalue weighted by Crippen LogP contribution is 2.32. The van der Waals surface area contributed by atoms with E-state index in [9.17, 15) is 9.59 Å². The normalized spacial score (nSPS) is 15.7. The number of amides is 1. The molecule has 5 heteroatoms. The van der Waals surface area contributed by atoms with Crippen LogP contribution in [0, 0.1) is 5.92 Å². The number of benzene rings is 1. The largest absolute Gasteiger partial charge is 0.452 e. The van der Waals surface area contributed by atoms with Gasteiger partial charge >= 0.3 is 5.97 Å². The summed E-state index contributed by atoms with van der Waals surface area (Å²) in [5.41, 5.74) is 0.883. The molecule has 4 nitrogen and oxygen atoms in total. The van der Waals surface area contributed by atoms with Gasteiger partial charge in [0.15, 0.2) is 6.61 Å². The van der Waals surface area contributed by atoms with Crippen LogP contribution >= 0.6 is 15.9 Å². The van der Waals surface area contributed by atoms with Gasteiger partial charge in [-0.2, -0.15) is 0 Å². The maximum Gasteiger partial charge on any atom is 0.331 e. The molecule has 0 radical (unpaired) electrons. The third kappa shape index (κ3) is 5.71. The van der Waals surface area contributed by atoms with Crippen LogP contribution in [-0.4, -0.2) is 24.5 Å². The van der Waals surface area contributed by atoms with E-state index >= 15 is 0 Å². The van der Waals surface area contributed by atoms with Crippen molar-refractivity contribution in [3.8, 4) is 0 Å². The molecule has 1 fully saturated rings. The summed E-state index contributed by atoms with van der Waals surface area (Å²) in [4.78, 5) is 23.1. The highest BCUT2D eigenvalue weighted by molar-refractivity contribution is 9.10. The summed E-state index contributed by atoms with van der Waals surface area (Å²) in [7, 11) is 0. The van der Waals surface area contributed by atoms with Crippen LogP contribution in [-0.2, 0) is 14.3 Å². The number of nitrogens with one attached hydrogen (secondary N) is 1. The molecule has 1 aliphatic rings. The maximum absolute atomic E-state index is 11.6. The Morgan fingerprint density at radius 3 is 2.90 bits per heavy atom. The summed E-state index contributed by atoms with van der Waals surface area (Å²) in [5.74, 6) is -0.191. The molecule has 0 aliphatic heterocycles. The lowest BCUT2D eigenvalue weighted by molar-refractivity contribution is -0.144. The molecule has 21 heavy (non-hydrogen) atoms. The van der Waals surface area contributed by atoms with Crippen LogP contribution in [0.2, 0.25) is 0 Å². The highest BCUT2D eigenvalue weighted by atomic mass is 79.9. The lowest BCUT2D eigenvalue weighted by atomic mass is 10.2. The molecule has 1 aliphatic carbocycles. The Balaban J connectivity index is 1.72. The number of ether oxygens (including phenoxy) is 1. The first kappa shape index (κ1) is 15.8. The lowest BCUT2D eigenvalue weighted by Crippen LogP contribution is -2.36. The second kappa shape index (κ2) is 7.41. The number of rotatable bonds is 6. The summed E-state index contributed by atoms with van der Waals surface area (Å²) < 4.78 is 5.84. The van der Waals surface area contributed by atoms with Crippen LogP contribution in [0.3, 0.4) is 0 Å². The van der Waals surface area contributed by atoms with Gasteiger partial charge in [0.25, 0.3) is 5.91 Å². The molecular formula is C16H18BrNO3. The first-order chi connectivity index (χ1) is 10.0. The number of esters is 1.